The molecule has 0 aliphatic carbocycles. The van der Waals surface area contributed by atoms with Crippen LogP contribution < -0.4 is 9.47 Å². The molecule has 7 nitrogen and oxygen atoms in total. The lowest BCUT2D eigenvalue weighted by atomic mass is 9.94. The van der Waals surface area contributed by atoms with Gasteiger partial charge in [0.2, 0.25) is 0 Å². The van der Waals surface area contributed by atoms with E-state index in [1.54, 1.807) is 24.3 Å². The van der Waals surface area contributed by atoms with Crippen LogP contribution in [-0.2, 0) is 29.2 Å². The van der Waals surface area contributed by atoms with Gasteiger partial charge in [0, 0.05) is 5.56 Å². The van der Waals surface area contributed by atoms with Gasteiger partial charge in [-0.15, -0.1) is 0 Å². The van der Waals surface area contributed by atoms with Crippen molar-refractivity contribution >= 4 is 17.4 Å². The van der Waals surface area contributed by atoms with E-state index >= 15 is 0 Å². The van der Waals surface area contributed by atoms with Crippen molar-refractivity contribution < 1.29 is 28.6 Å². The molecule has 1 aromatic heterocycles. The summed E-state index contributed by atoms with van der Waals surface area (Å²) in [5.41, 5.74) is 3.13. The van der Waals surface area contributed by atoms with Crippen LogP contribution in [0.15, 0.2) is 101 Å². The second-order valence-electron chi connectivity index (χ2n) is 9.63. The number of aliphatic hydroxyl groups is 1. The molecule has 3 aromatic carbocycles. The van der Waals surface area contributed by atoms with Crippen LogP contribution in [0.4, 0.5) is 0 Å². The maximum atomic E-state index is 13.4. The largest absolute Gasteiger partial charge is 0.507 e. The number of amides is 1. The normalized spacial score (nSPS) is 18.1. The van der Waals surface area contributed by atoms with Crippen LogP contribution >= 0.6 is 0 Å². The highest BCUT2D eigenvalue weighted by atomic mass is 16.5. The highest BCUT2D eigenvalue weighted by molar-refractivity contribution is 6.46. The minimum absolute atomic E-state index is 0.0310. The number of aliphatic hydroxyl groups excluding tert-OH is 1. The summed E-state index contributed by atoms with van der Waals surface area (Å²) in [5.74, 6) is 0.235. The van der Waals surface area contributed by atoms with Gasteiger partial charge < -0.3 is 23.9 Å². The standard InChI is InChI=1S/C32H27NO6/c34-30(24-13-14-27-22(17-24)10-5-16-38-27)28-29(33(32(36)31(28)35)19-26-12-6-15-37-26)23-9-4-11-25(18-23)39-20-21-7-2-1-3-8-21/h1-4,6-9,11-15,17-18,29,34H,5,10,16,19-20H2/b30-28-. The third kappa shape index (κ3) is 4.91. The number of ketones is 1. The molecule has 6 rings (SSSR count). The van der Waals surface area contributed by atoms with Gasteiger partial charge in [0.05, 0.1) is 31.0 Å². The Labute approximate surface area is 225 Å². The molecule has 1 saturated heterocycles. The Hall–Kier alpha value is -4.78. The smallest absolute Gasteiger partial charge is 0.296 e. The number of aryl methyl sites for hydroxylation is 1. The summed E-state index contributed by atoms with van der Waals surface area (Å²) in [6.45, 7) is 1.10. The fraction of sp³-hybridized carbons (Fsp3) is 0.188. The van der Waals surface area contributed by atoms with Crippen molar-refractivity contribution in [2.45, 2.75) is 32.0 Å². The molecule has 0 radical (unpaired) electrons. The molecule has 3 heterocycles. The Morgan fingerprint density at radius 2 is 1.85 bits per heavy atom. The second-order valence-corrected chi connectivity index (χ2v) is 9.63. The average molecular weight is 522 g/mol. The van der Waals surface area contributed by atoms with Crippen molar-refractivity contribution in [3.05, 3.63) is 125 Å². The molecule has 4 aromatic rings. The Kier molecular flexibility index (Phi) is 6.63. The van der Waals surface area contributed by atoms with Crippen LogP contribution in [0.2, 0.25) is 0 Å². The third-order valence-corrected chi connectivity index (χ3v) is 7.05. The number of rotatable bonds is 7. The SMILES string of the molecule is O=C1C(=O)N(Cc2ccco2)C(c2cccc(OCc3ccccc3)c2)/C1=C(/O)c1ccc2c(c1)CCCO2. The minimum Gasteiger partial charge on any atom is -0.507 e. The number of Topliss-reactive ketones (excluding diaryl/α,β-unsaturated/α-hetero) is 1. The van der Waals surface area contributed by atoms with E-state index in [1.165, 1.54) is 11.2 Å². The fourth-order valence-electron chi connectivity index (χ4n) is 5.14. The van der Waals surface area contributed by atoms with E-state index in [1.807, 2.05) is 60.7 Å². The van der Waals surface area contributed by atoms with E-state index < -0.39 is 17.7 Å². The molecule has 39 heavy (non-hydrogen) atoms. The number of nitrogens with zero attached hydrogens (tertiary/aromatic N) is 1. The Morgan fingerprint density at radius 1 is 0.974 bits per heavy atom. The number of furan rings is 1. The first-order valence-electron chi connectivity index (χ1n) is 12.9. The Balaban J connectivity index is 1.40. The van der Waals surface area contributed by atoms with Crippen molar-refractivity contribution in [2.24, 2.45) is 0 Å². The number of hydrogen-bond donors (Lipinski definition) is 1. The maximum absolute atomic E-state index is 13.4. The number of carbonyl (C=O) groups excluding carboxylic acids is 2. The Morgan fingerprint density at radius 3 is 2.67 bits per heavy atom. The van der Waals surface area contributed by atoms with Gasteiger partial charge in [-0.1, -0.05) is 42.5 Å². The van der Waals surface area contributed by atoms with Crippen molar-refractivity contribution in [3.8, 4) is 11.5 Å². The molecule has 1 unspecified atom stereocenters. The van der Waals surface area contributed by atoms with Crippen molar-refractivity contribution in [2.75, 3.05) is 6.61 Å². The van der Waals surface area contributed by atoms with Gasteiger partial charge in [0.15, 0.2) is 0 Å². The van der Waals surface area contributed by atoms with E-state index in [-0.39, 0.29) is 17.9 Å². The summed E-state index contributed by atoms with van der Waals surface area (Å²) in [6, 6.07) is 25.1. The quantitative estimate of drug-likeness (QED) is 0.188. The molecule has 0 bridgehead atoms. The van der Waals surface area contributed by atoms with Crippen LogP contribution in [0, 0.1) is 0 Å². The maximum Gasteiger partial charge on any atom is 0.296 e. The topological polar surface area (TPSA) is 89.2 Å². The van der Waals surface area contributed by atoms with E-state index in [4.69, 9.17) is 13.9 Å². The number of hydrogen-bond acceptors (Lipinski definition) is 6. The molecule has 1 amide bonds. The van der Waals surface area contributed by atoms with Gasteiger partial charge in [-0.3, -0.25) is 9.59 Å². The number of benzene rings is 3. The van der Waals surface area contributed by atoms with Crippen LogP contribution in [-0.4, -0.2) is 28.3 Å². The predicted octanol–water partition coefficient (Wildman–Crippen LogP) is 5.81. The van der Waals surface area contributed by atoms with Crippen molar-refractivity contribution in [1.82, 2.24) is 4.90 Å². The summed E-state index contributed by atoms with van der Waals surface area (Å²) in [4.78, 5) is 28.2. The molecule has 7 heteroatoms. The van der Waals surface area contributed by atoms with Crippen LogP contribution in [0.3, 0.4) is 0 Å². The summed E-state index contributed by atoms with van der Waals surface area (Å²) < 4.78 is 17.2. The van der Waals surface area contributed by atoms with Gasteiger partial charge in [0.1, 0.15) is 29.6 Å². The molecular formula is C32H27NO6. The first kappa shape index (κ1) is 24.6. The van der Waals surface area contributed by atoms with Gasteiger partial charge in [-0.2, -0.15) is 0 Å². The number of carbonyl (C=O) groups is 2. The van der Waals surface area contributed by atoms with Crippen LogP contribution in [0.1, 0.15) is 40.5 Å². The molecule has 2 aliphatic rings. The summed E-state index contributed by atoms with van der Waals surface area (Å²) in [7, 11) is 0. The summed E-state index contributed by atoms with van der Waals surface area (Å²) in [6.07, 6.45) is 3.21. The predicted molar refractivity (Wildman–Crippen MR) is 144 cm³/mol. The monoisotopic (exact) mass is 521 g/mol. The van der Waals surface area contributed by atoms with Gasteiger partial charge >= 0.3 is 0 Å². The van der Waals surface area contributed by atoms with Gasteiger partial charge in [-0.25, -0.2) is 0 Å². The van der Waals surface area contributed by atoms with Crippen molar-refractivity contribution in [1.29, 1.82) is 0 Å². The minimum atomic E-state index is -0.831. The van der Waals surface area contributed by atoms with E-state index in [9.17, 15) is 14.7 Å². The molecule has 0 spiro atoms. The molecule has 1 N–H and O–H groups in total. The van der Waals surface area contributed by atoms with Crippen LogP contribution in [0.5, 0.6) is 11.5 Å². The van der Waals surface area contributed by atoms with E-state index in [0.29, 0.717) is 35.9 Å². The lowest BCUT2D eigenvalue weighted by molar-refractivity contribution is -0.140. The van der Waals surface area contributed by atoms with Gasteiger partial charge in [0.25, 0.3) is 11.7 Å². The highest BCUT2D eigenvalue weighted by Crippen LogP contribution is 2.42. The second kappa shape index (κ2) is 10.5. The van der Waals surface area contributed by atoms with E-state index in [0.717, 1.165) is 29.7 Å². The van der Waals surface area contributed by atoms with Crippen LogP contribution in [0.25, 0.3) is 5.76 Å². The molecule has 1 fully saturated rings. The summed E-state index contributed by atoms with van der Waals surface area (Å²) >= 11 is 0. The molecular weight excluding hydrogens is 494 g/mol. The van der Waals surface area contributed by atoms with Crippen molar-refractivity contribution in [3.63, 3.8) is 0 Å². The number of likely N-dealkylation sites (tertiary alicyclic amines) is 1. The zero-order valence-corrected chi connectivity index (χ0v) is 21.2. The number of fused-ring (bicyclic) bond motifs is 1. The summed E-state index contributed by atoms with van der Waals surface area (Å²) in [5, 5.41) is 11.5. The number of ether oxygens (including phenoxy) is 2. The Bertz CT molecular complexity index is 1540. The first-order valence-corrected chi connectivity index (χ1v) is 12.9. The van der Waals surface area contributed by atoms with Gasteiger partial charge in [-0.05, 0) is 72.0 Å². The molecule has 2 aliphatic heterocycles. The molecule has 0 saturated carbocycles. The lowest BCUT2D eigenvalue weighted by Gasteiger charge is -2.25. The third-order valence-electron chi connectivity index (χ3n) is 7.05. The zero-order chi connectivity index (χ0) is 26.8. The lowest BCUT2D eigenvalue weighted by Crippen LogP contribution is -2.29. The average Bonchev–Trinajstić information content (AvgIpc) is 3.58. The van der Waals surface area contributed by atoms with E-state index in [2.05, 4.69) is 0 Å². The zero-order valence-electron chi connectivity index (χ0n) is 21.2. The first-order chi connectivity index (χ1) is 19.1. The molecule has 1 atom stereocenters. The fourth-order valence-corrected chi connectivity index (χ4v) is 5.14. The highest BCUT2D eigenvalue weighted by Gasteiger charge is 2.46. The molecule has 196 valence electrons.